The monoisotopic (exact) mass is 325 g/mol. The summed E-state index contributed by atoms with van der Waals surface area (Å²) in [5, 5.41) is 3.17. The SMILES string of the molecule is CNc1cc(C)nc(C2CCN(C(=O)c3cccc(OC)c3)C2)c1. The standard InChI is InChI=1S/C19H23N3O2/c1-13-9-16(20-2)11-18(21-13)15-7-8-22(12-15)19(23)14-5-4-6-17(10-14)24-3/h4-6,9-11,15H,7-8,12H2,1-3H3,(H,20,21). The lowest BCUT2D eigenvalue weighted by Crippen LogP contribution is -2.28. The Morgan fingerprint density at radius 1 is 1.33 bits per heavy atom. The van der Waals surface area contributed by atoms with Gasteiger partial charge in [0, 0.05) is 48.7 Å². The third-order valence-corrected chi connectivity index (χ3v) is 4.47. The lowest BCUT2D eigenvalue weighted by Gasteiger charge is -2.17. The third-order valence-electron chi connectivity index (χ3n) is 4.47. The number of amides is 1. The van der Waals surface area contributed by atoms with Gasteiger partial charge in [0.1, 0.15) is 5.75 Å². The molecule has 5 heteroatoms. The highest BCUT2D eigenvalue weighted by Gasteiger charge is 2.29. The molecule has 1 aromatic carbocycles. The van der Waals surface area contributed by atoms with Crippen LogP contribution >= 0.6 is 0 Å². The fraction of sp³-hybridized carbons (Fsp3) is 0.368. The van der Waals surface area contributed by atoms with E-state index >= 15 is 0 Å². The maximum atomic E-state index is 12.7. The molecule has 0 radical (unpaired) electrons. The Labute approximate surface area is 142 Å². The van der Waals surface area contributed by atoms with Crippen LogP contribution in [0.5, 0.6) is 5.75 Å². The lowest BCUT2D eigenvalue weighted by atomic mass is 10.0. The molecular formula is C19H23N3O2. The van der Waals surface area contributed by atoms with Gasteiger partial charge in [-0.05, 0) is 43.7 Å². The normalized spacial score (nSPS) is 17.0. The minimum Gasteiger partial charge on any atom is -0.497 e. The molecule has 1 aromatic heterocycles. The van der Waals surface area contributed by atoms with E-state index in [-0.39, 0.29) is 11.8 Å². The zero-order chi connectivity index (χ0) is 17.1. The summed E-state index contributed by atoms with van der Waals surface area (Å²) in [5.41, 5.74) is 3.79. The molecule has 0 spiro atoms. The van der Waals surface area contributed by atoms with E-state index in [0.717, 1.165) is 30.0 Å². The van der Waals surface area contributed by atoms with Gasteiger partial charge < -0.3 is 15.0 Å². The van der Waals surface area contributed by atoms with Gasteiger partial charge in [0.05, 0.1) is 7.11 Å². The number of anilines is 1. The molecule has 1 aliphatic rings. The van der Waals surface area contributed by atoms with Crippen LogP contribution in [0.3, 0.4) is 0 Å². The van der Waals surface area contributed by atoms with Crippen molar-refractivity contribution in [1.82, 2.24) is 9.88 Å². The number of rotatable bonds is 4. The van der Waals surface area contributed by atoms with Gasteiger partial charge >= 0.3 is 0 Å². The first-order valence-electron chi connectivity index (χ1n) is 8.20. The number of likely N-dealkylation sites (tertiary alicyclic amines) is 1. The maximum absolute atomic E-state index is 12.7. The van der Waals surface area contributed by atoms with E-state index in [9.17, 15) is 4.79 Å². The number of nitrogens with one attached hydrogen (secondary N) is 1. The van der Waals surface area contributed by atoms with Crippen molar-refractivity contribution < 1.29 is 9.53 Å². The van der Waals surface area contributed by atoms with Crippen molar-refractivity contribution in [1.29, 1.82) is 0 Å². The van der Waals surface area contributed by atoms with E-state index in [1.54, 1.807) is 13.2 Å². The number of aromatic nitrogens is 1. The summed E-state index contributed by atoms with van der Waals surface area (Å²) >= 11 is 0. The molecule has 1 unspecified atom stereocenters. The Morgan fingerprint density at radius 3 is 2.92 bits per heavy atom. The minimum atomic E-state index is 0.0536. The van der Waals surface area contributed by atoms with Gasteiger partial charge in [-0.2, -0.15) is 0 Å². The summed E-state index contributed by atoms with van der Waals surface area (Å²) in [6.07, 6.45) is 0.940. The summed E-state index contributed by atoms with van der Waals surface area (Å²) in [4.78, 5) is 19.3. The van der Waals surface area contributed by atoms with Crippen LogP contribution < -0.4 is 10.1 Å². The van der Waals surface area contributed by atoms with Crippen molar-refractivity contribution in [2.24, 2.45) is 0 Å². The molecule has 126 valence electrons. The number of carbonyl (C=O) groups excluding carboxylic acids is 1. The van der Waals surface area contributed by atoms with Crippen molar-refractivity contribution in [2.75, 3.05) is 32.6 Å². The van der Waals surface area contributed by atoms with Crippen LogP contribution in [0.1, 0.15) is 34.1 Å². The molecular weight excluding hydrogens is 302 g/mol. The van der Waals surface area contributed by atoms with Crippen LogP contribution in [-0.2, 0) is 0 Å². The van der Waals surface area contributed by atoms with E-state index in [1.165, 1.54) is 0 Å². The summed E-state index contributed by atoms with van der Waals surface area (Å²) in [5.74, 6) is 1.04. The first-order valence-corrected chi connectivity index (χ1v) is 8.20. The quantitative estimate of drug-likeness (QED) is 0.938. The Balaban J connectivity index is 1.75. The smallest absolute Gasteiger partial charge is 0.254 e. The van der Waals surface area contributed by atoms with Gasteiger partial charge in [-0.15, -0.1) is 0 Å². The molecule has 24 heavy (non-hydrogen) atoms. The third kappa shape index (κ3) is 3.35. The summed E-state index contributed by atoms with van der Waals surface area (Å²) in [6.45, 7) is 3.46. The van der Waals surface area contributed by atoms with Crippen LogP contribution in [0.4, 0.5) is 5.69 Å². The van der Waals surface area contributed by atoms with Gasteiger partial charge in [-0.1, -0.05) is 6.07 Å². The van der Waals surface area contributed by atoms with Crippen LogP contribution in [0.25, 0.3) is 0 Å². The fourth-order valence-corrected chi connectivity index (χ4v) is 3.17. The molecule has 1 fully saturated rings. The molecule has 1 N–H and O–H groups in total. The average molecular weight is 325 g/mol. The Hall–Kier alpha value is -2.56. The summed E-state index contributed by atoms with van der Waals surface area (Å²) in [7, 11) is 3.52. The van der Waals surface area contributed by atoms with E-state index in [4.69, 9.17) is 4.74 Å². The number of hydrogen-bond donors (Lipinski definition) is 1. The largest absolute Gasteiger partial charge is 0.497 e. The topological polar surface area (TPSA) is 54.5 Å². The second-order valence-corrected chi connectivity index (χ2v) is 6.14. The highest BCUT2D eigenvalue weighted by molar-refractivity contribution is 5.94. The van der Waals surface area contributed by atoms with E-state index < -0.39 is 0 Å². The Bertz CT molecular complexity index is 745. The average Bonchev–Trinajstić information content (AvgIpc) is 3.10. The van der Waals surface area contributed by atoms with Crippen LogP contribution in [0.15, 0.2) is 36.4 Å². The van der Waals surface area contributed by atoms with Gasteiger partial charge in [-0.3, -0.25) is 9.78 Å². The number of ether oxygens (including phenoxy) is 1. The number of methoxy groups -OCH3 is 1. The zero-order valence-electron chi connectivity index (χ0n) is 14.4. The van der Waals surface area contributed by atoms with E-state index in [2.05, 4.69) is 16.4 Å². The van der Waals surface area contributed by atoms with Crippen LogP contribution in [-0.4, -0.2) is 43.0 Å². The molecule has 5 nitrogen and oxygen atoms in total. The van der Waals surface area contributed by atoms with Crippen molar-refractivity contribution in [2.45, 2.75) is 19.3 Å². The molecule has 1 aliphatic heterocycles. The molecule has 0 aliphatic carbocycles. The van der Waals surface area contributed by atoms with Gasteiger partial charge in [0.2, 0.25) is 0 Å². The van der Waals surface area contributed by atoms with E-state index in [1.807, 2.05) is 43.1 Å². The molecule has 2 heterocycles. The van der Waals surface area contributed by atoms with Gasteiger partial charge in [-0.25, -0.2) is 0 Å². The first-order chi connectivity index (χ1) is 11.6. The highest BCUT2D eigenvalue weighted by atomic mass is 16.5. The van der Waals surface area contributed by atoms with Crippen molar-refractivity contribution >= 4 is 11.6 Å². The number of nitrogens with zero attached hydrogens (tertiary/aromatic N) is 2. The fourth-order valence-electron chi connectivity index (χ4n) is 3.17. The van der Waals surface area contributed by atoms with Gasteiger partial charge in [0.25, 0.3) is 5.91 Å². The minimum absolute atomic E-state index is 0.0536. The second-order valence-electron chi connectivity index (χ2n) is 6.14. The van der Waals surface area contributed by atoms with Crippen LogP contribution in [0.2, 0.25) is 0 Å². The zero-order valence-corrected chi connectivity index (χ0v) is 14.4. The number of benzene rings is 1. The summed E-state index contributed by atoms with van der Waals surface area (Å²) in [6, 6.07) is 11.4. The molecule has 0 saturated carbocycles. The molecule has 1 atom stereocenters. The predicted octanol–water partition coefficient (Wildman–Crippen LogP) is 3.07. The Morgan fingerprint density at radius 2 is 2.17 bits per heavy atom. The number of aryl methyl sites for hydroxylation is 1. The van der Waals surface area contributed by atoms with Crippen molar-refractivity contribution in [3.05, 3.63) is 53.3 Å². The van der Waals surface area contributed by atoms with Crippen LogP contribution in [0, 0.1) is 6.92 Å². The van der Waals surface area contributed by atoms with Crippen molar-refractivity contribution in [3.8, 4) is 5.75 Å². The second kappa shape index (κ2) is 6.91. The number of hydrogen-bond acceptors (Lipinski definition) is 4. The van der Waals surface area contributed by atoms with Crippen molar-refractivity contribution in [3.63, 3.8) is 0 Å². The Kier molecular flexibility index (Phi) is 4.69. The summed E-state index contributed by atoms with van der Waals surface area (Å²) < 4.78 is 5.21. The predicted molar refractivity (Wildman–Crippen MR) is 94.8 cm³/mol. The number of carbonyl (C=O) groups is 1. The molecule has 1 saturated heterocycles. The maximum Gasteiger partial charge on any atom is 0.254 e. The molecule has 2 aromatic rings. The number of pyridine rings is 1. The lowest BCUT2D eigenvalue weighted by molar-refractivity contribution is 0.0790. The molecule has 3 rings (SSSR count). The highest BCUT2D eigenvalue weighted by Crippen LogP contribution is 2.29. The first kappa shape index (κ1) is 16.3. The van der Waals surface area contributed by atoms with Gasteiger partial charge in [0.15, 0.2) is 0 Å². The van der Waals surface area contributed by atoms with E-state index in [0.29, 0.717) is 17.9 Å². The molecule has 1 amide bonds. The molecule has 0 bridgehead atoms.